The fourth-order valence-electron chi connectivity index (χ4n) is 2.22. The Labute approximate surface area is 122 Å². The van der Waals surface area contributed by atoms with Crippen LogP contribution in [0.4, 0.5) is 23.0 Å². The van der Waals surface area contributed by atoms with E-state index in [4.69, 9.17) is 0 Å². The Kier molecular flexibility index (Phi) is 3.48. The van der Waals surface area contributed by atoms with Gasteiger partial charge in [0.05, 0.1) is 11.4 Å². The van der Waals surface area contributed by atoms with E-state index in [1.165, 1.54) is 0 Å². The Bertz CT molecular complexity index is 670. The molecule has 0 radical (unpaired) electrons. The van der Waals surface area contributed by atoms with Crippen LogP contribution in [0.5, 0.6) is 0 Å². The normalized spacial score (nSPS) is 21.3. The molecule has 2 amide bonds. The SMILES string of the molecule is O=C(NC[C@@H]1C[C@H]1C(F)(F)F)Nc1snc2ccccc12. The molecule has 3 rings (SSSR count). The van der Waals surface area contributed by atoms with E-state index in [9.17, 15) is 18.0 Å². The van der Waals surface area contributed by atoms with Crippen LogP contribution in [0.1, 0.15) is 6.42 Å². The van der Waals surface area contributed by atoms with E-state index < -0.39 is 24.0 Å². The van der Waals surface area contributed by atoms with Crippen LogP contribution >= 0.6 is 11.5 Å². The zero-order valence-corrected chi connectivity index (χ0v) is 11.6. The molecule has 1 aliphatic rings. The maximum absolute atomic E-state index is 12.4. The monoisotopic (exact) mass is 315 g/mol. The molecule has 2 atom stereocenters. The van der Waals surface area contributed by atoms with E-state index in [1.54, 1.807) is 0 Å². The first-order valence-corrected chi connectivity index (χ1v) is 7.18. The Balaban J connectivity index is 1.53. The molecule has 112 valence electrons. The van der Waals surface area contributed by atoms with Crippen molar-refractivity contribution in [3.05, 3.63) is 24.3 Å². The molecule has 4 nitrogen and oxygen atoms in total. The number of hydrogen-bond acceptors (Lipinski definition) is 3. The molecule has 1 heterocycles. The van der Waals surface area contributed by atoms with Crippen molar-refractivity contribution in [2.24, 2.45) is 11.8 Å². The highest BCUT2D eigenvalue weighted by atomic mass is 32.1. The molecule has 1 aliphatic carbocycles. The minimum absolute atomic E-state index is 0.0345. The number of hydrogen-bond donors (Lipinski definition) is 2. The highest BCUT2D eigenvalue weighted by Crippen LogP contribution is 2.49. The van der Waals surface area contributed by atoms with Crippen LogP contribution in [0.3, 0.4) is 0 Å². The van der Waals surface area contributed by atoms with Gasteiger partial charge in [-0.3, -0.25) is 5.32 Å². The molecule has 21 heavy (non-hydrogen) atoms. The third kappa shape index (κ3) is 3.10. The van der Waals surface area contributed by atoms with Crippen LogP contribution in [-0.4, -0.2) is 23.1 Å². The number of amides is 2. The number of urea groups is 1. The third-order valence-corrected chi connectivity index (χ3v) is 4.27. The van der Waals surface area contributed by atoms with Crippen molar-refractivity contribution in [3.8, 4) is 0 Å². The summed E-state index contributed by atoms with van der Waals surface area (Å²) in [5.74, 6) is -1.78. The summed E-state index contributed by atoms with van der Waals surface area (Å²) in [6.45, 7) is 0.0345. The summed E-state index contributed by atoms with van der Waals surface area (Å²) in [4.78, 5) is 11.7. The number of carbonyl (C=O) groups excluding carboxylic acids is 1. The van der Waals surface area contributed by atoms with Gasteiger partial charge < -0.3 is 5.32 Å². The lowest BCUT2D eigenvalue weighted by molar-refractivity contribution is -0.150. The summed E-state index contributed by atoms with van der Waals surface area (Å²) in [6.07, 6.45) is -4.07. The quantitative estimate of drug-likeness (QED) is 0.909. The summed E-state index contributed by atoms with van der Waals surface area (Å²) in [7, 11) is 0. The highest BCUT2D eigenvalue weighted by Gasteiger charge is 2.55. The number of alkyl halides is 3. The van der Waals surface area contributed by atoms with Crippen molar-refractivity contribution in [1.82, 2.24) is 9.69 Å². The number of rotatable bonds is 3. The van der Waals surface area contributed by atoms with Crippen LogP contribution in [0.2, 0.25) is 0 Å². The fourth-order valence-corrected chi connectivity index (χ4v) is 2.98. The first kappa shape index (κ1) is 14.1. The Morgan fingerprint density at radius 1 is 1.38 bits per heavy atom. The maximum Gasteiger partial charge on any atom is 0.392 e. The smallest absolute Gasteiger partial charge is 0.338 e. The molecule has 0 unspecified atom stereocenters. The van der Waals surface area contributed by atoms with Gasteiger partial charge in [-0.1, -0.05) is 12.1 Å². The molecule has 1 aromatic carbocycles. The second-order valence-electron chi connectivity index (χ2n) is 5.01. The number of benzene rings is 1. The molecule has 0 spiro atoms. The van der Waals surface area contributed by atoms with E-state index in [0.717, 1.165) is 22.4 Å². The minimum atomic E-state index is -4.16. The average molecular weight is 315 g/mol. The van der Waals surface area contributed by atoms with Gasteiger partial charge in [0.25, 0.3) is 0 Å². The van der Waals surface area contributed by atoms with E-state index in [0.29, 0.717) is 5.00 Å². The molecule has 1 saturated carbocycles. The molecule has 1 aromatic heterocycles. The van der Waals surface area contributed by atoms with E-state index in [-0.39, 0.29) is 13.0 Å². The number of fused-ring (bicyclic) bond motifs is 1. The number of aromatic nitrogens is 1. The topological polar surface area (TPSA) is 54.0 Å². The summed E-state index contributed by atoms with van der Waals surface area (Å²) in [6, 6.07) is 6.83. The molecular formula is C13H12F3N3OS. The molecule has 8 heteroatoms. The number of halogens is 3. The van der Waals surface area contributed by atoms with Gasteiger partial charge in [0, 0.05) is 11.9 Å². The molecule has 0 saturated heterocycles. The first-order chi connectivity index (χ1) is 9.95. The van der Waals surface area contributed by atoms with Gasteiger partial charge >= 0.3 is 12.2 Å². The van der Waals surface area contributed by atoms with Crippen molar-refractivity contribution >= 4 is 33.5 Å². The van der Waals surface area contributed by atoms with Crippen LogP contribution in [0.25, 0.3) is 10.9 Å². The van der Waals surface area contributed by atoms with Gasteiger partial charge in [-0.25, -0.2) is 4.79 Å². The zero-order chi connectivity index (χ0) is 15.0. The number of anilines is 1. The van der Waals surface area contributed by atoms with Gasteiger partial charge in [-0.15, -0.1) is 0 Å². The van der Waals surface area contributed by atoms with Crippen molar-refractivity contribution in [2.75, 3.05) is 11.9 Å². The predicted molar refractivity (Wildman–Crippen MR) is 74.3 cm³/mol. The van der Waals surface area contributed by atoms with Crippen molar-refractivity contribution in [1.29, 1.82) is 0 Å². The minimum Gasteiger partial charge on any atom is -0.338 e. The van der Waals surface area contributed by atoms with Crippen LogP contribution < -0.4 is 10.6 Å². The van der Waals surface area contributed by atoms with Gasteiger partial charge in [0.2, 0.25) is 0 Å². The summed E-state index contributed by atoms with van der Waals surface area (Å²) in [5.41, 5.74) is 0.775. The Morgan fingerprint density at radius 2 is 2.14 bits per heavy atom. The number of carbonyl (C=O) groups is 1. The second kappa shape index (κ2) is 5.18. The van der Waals surface area contributed by atoms with Crippen LogP contribution in [0, 0.1) is 11.8 Å². The van der Waals surface area contributed by atoms with Gasteiger partial charge in [0.15, 0.2) is 0 Å². The van der Waals surface area contributed by atoms with Crippen LogP contribution in [-0.2, 0) is 0 Å². The second-order valence-corrected chi connectivity index (χ2v) is 5.78. The third-order valence-electron chi connectivity index (χ3n) is 3.48. The largest absolute Gasteiger partial charge is 0.392 e. The lowest BCUT2D eigenvalue weighted by Gasteiger charge is -2.07. The lowest BCUT2D eigenvalue weighted by Crippen LogP contribution is -2.31. The highest BCUT2D eigenvalue weighted by molar-refractivity contribution is 7.12. The molecular weight excluding hydrogens is 303 g/mol. The van der Waals surface area contributed by atoms with Gasteiger partial charge in [-0.2, -0.15) is 17.5 Å². The zero-order valence-electron chi connectivity index (χ0n) is 10.8. The maximum atomic E-state index is 12.4. The van der Waals surface area contributed by atoms with E-state index in [2.05, 4.69) is 15.0 Å². The van der Waals surface area contributed by atoms with E-state index in [1.807, 2.05) is 24.3 Å². The predicted octanol–water partition coefficient (Wildman–Crippen LogP) is 3.62. The van der Waals surface area contributed by atoms with Crippen molar-refractivity contribution in [3.63, 3.8) is 0 Å². The van der Waals surface area contributed by atoms with E-state index >= 15 is 0 Å². The van der Waals surface area contributed by atoms with Crippen molar-refractivity contribution < 1.29 is 18.0 Å². The Morgan fingerprint density at radius 3 is 2.86 bits per heavy atom. The van der Waals surface area contributed by atoms with Gasteiger partial charge in [-0.05, 0) is 36.0 Å². The van der Waals surface area contributed by atoms with Crippen molar-refractivity contribution in [2.45, 2.75) is 12.6 Å². The first-order valence-electron chi connectivity index (χ1n) is 6.41. The standard InChI is InChI=1S/C13H12F3N3OS/c14-13(15,16)9-5-7(9)6-17-12(20)18-11-8-3-1-2-4-10(8)19-21-11/h1-4,7,9H,5-6H2,(H2,17,18,20)/t7-,9+/m0/s1. The molecule has 0 aliphatic heterocycles. The fraction of sp³-hybridized carbons (Fsp3) is 0.385. The average Bonchev–Trinajstić information content (AvgIpc) is 3.13. The summed E-state index contributed by atoms with van der Waals surface area (Å²) < 4.78 is 41.3. The molecule has 1 fully saturated rings. The van der Waals surface area contributed by atoms with Gasteiger partial charge in [0.1, 0.15) is 5.00 Å². The Hall–Kier alpha value is -1.83. The molecule has 0 bridgehead atoms. The summed E-state index contributed by atoms with van der Waals surface area (Å²) in [5, 5.41) is 6.51. The van der Waals surface area contributed by atoms with Crippen LogP contribution in [0.15, 0.2) is 24.3 Å². The number of nitrogens with zero attached hydrogens (tertiary/aromatic N) is 1. The molecule has 2 aromatic rings. The molecule has 2 N–H and O–H groups in total. The summed E-state index contributed by atoms with van der Waals surface area (Å²) >= 11 is 1.14. The number of nitrogens with one attached hydrogen (secondary N) is 2. The lowest BCUT2D eigenvalue weighted by atomic mass is 10.2.